The Bertz CT molecular complexity index is 1550. The van der Waals surface area contributed by atoms with Gasteiger partial charge in [-0.2, -0.15) is 10.4 Å². The Morgan fingerprint density at radius 3 is 2.51 bits per heavy atom. The number of fused-ring (bicyclic) bond motifs is 1. The second kappa shape index (κ2) is 14.2. The summed E-state index contributed by atoms with van der Waals surface area (Å²) in [6, 6.07) is 21.2. The fourth-order valence-corrected chi connectivity index (χ4v) is 4.90. The van der Waals surface area contributed by atoms with E-state index in [2.05, 4.69) is 25.1 Å². The molecule has 4 rings (SSSR count). The monoisotopic (exact) mass is 553 g/mol. The van der Waals surface area contributed by atoms with Gasteiger partial charge in [-0.25, -0.2) is 9.31 Å². The number of hydrogen-bond donors (Lipinski definition) is 0. The first kappa shape index (κ1) is 29.5. The van der Waals surface area contributed by atoms with Crippen molar-refractivity contribution in [1.29, 1.82) is 5.26 Å². The Morgan fingerprint density at radius 2 is 1.80 bits per heavy atom. The highest BCUT2D eigenvalue weighted by atomic mass is 16.5. The fourth-order valence-electron chi connectivity index (χ4n) is 4.90. The van der Waals surface area contributed by atoms with Crippen LogP contribution >= 0.6 is 0 Å². The molecule has 0 amide bonds. The van der Waals surface area contributed by atoms with Gasteiger partial charge in [0, 0.05) is 17.7 Å². The van der Waals surface area contributed by atoms with E-state index < -0.39 is 0 Å². The molecule has 212 valence electrons. The SMILES string of the molecule is CCOC(=O)CCCCc1c(COCc2ccc(C(=O)OC)cc2)nn2c(CC)ccc2c1-c1cccc(C#N)c1. The molecule has 8 heteroatoms. The second-order valence-electron chi connectivity index (χ2n) is 9.66. The molecule has 0 spiro atoms. The summed E-state index contributed by atoms with van der Waals surface area (Å²) < 4.78 is 18.0. The van der Waals surface area contributed by atoms with Crippen LogP contribution in [0.1, 0.15) is 71.5 Å². The van der Waals surface area contributed by atoms with E-state index >= 15 is 0 Å². The van der Waals surface area contributed by atoms with Gasteiger partial charge >= 0.3 is 11.9 Å². The molecule has 0 atom stereocenters. The van der Waals surface area contributed by atoms with Crippen LogP contribution in [-0.4, -0.2) is 35.3 Å². The molecule has 0 radical (unpaired) electrons. The summed E-state index contributed by atoms with van der Waals surface area (Å²) in [6.45, 7) is 4.89. The van der Waals surface area contributed by atoms with Crippen molar-refractivity contribution in [2.75, 3.05) is 13.7 Å². The van der Waals surface area contributed by atoms with E-state index in [1.807, 2.05) is 41.8 Å². The van der Waals surface area contributed by atoms with E-state index in [0.29, 0.717) is 43.6 Å². The number of hydrogen-bond acceptors (Lipinski definition) is 7. The Balaban J connectivity index is 1.68. The number of nitrogens with zero attached hydrogens (tertiary/aromatic N) is 3. The number of aryl methyl sites for hydroxylation is 1. The van der Waals surface area contributed by atoms with Crippen LogP contribution < -0.4 is 0 Å². The lowest BCUT2D eigenvalue weighted by Gasteiger charge is -2.18. The van der Waals surface area contributed by atoms with Gasteiger partial charge in [0.05, 0.1) is 55.3 Å². The number of benzene rings is 2. The molecule has 8 nitrogen and oxygen atoms in total. The van der Waals surface area contributed by atoms with Gasteiger partial charge in [-0.1, -0.05) is 31.2 Å². The van der Waals surface area contributed by atoms with Gasteiger partial charge in [0.25, 0.3) is 0 Å². The van der Waals surface area contributed by atoms with Crippen molar-refractivity contribution in [3.63, 3.8) is 0 Å². The van der Waals surface area contributed by atoms with E-state index in [-0.39, 0.29) is 18.5 Å². The summed E-state index contributed by atoms with van der Waals surface area (Å²) >= 11 is 0. The Kier molecular flexibility index (Phi) is 10.2. The third-order valence-corrected chi connectivity index (χ3v) is 6.95. The third-order valence-electron chi connectivity index (χ3n) is 6.95. The van der Waals surface area contributed by atoms with Gasteiger partial charge in [0.2, 0.25) is 0 Å². The van der Waals surface area contributed by atoms with Gasteiger partial charge in [0.15, 0.2) is 0 Å². The van der Waals surface area contributed by atoms with E-state index in [1.165, 1.54) is 7.11 Å². The predicted octanol–water partition coefficient (Wildman–Crippen LogP) is 6.21. The number of esters is 2. The Morgan fingerprint density at radius 1 is 1.00 bits per heavy atom. The summed E-state index contributed by atoms with van der Waals surface area (Å²) in [7, 11) is 1.36. The number of carbonyl (C=O) groups excluding carboxylic acids is 2. The zero-order valence-corrected chi connectivity index (χ0v) is 23.8. The highest BCUT2D eigenvalue weighted by Gasteiger charge is 2.19. The first-order valence-electron chi connectivity index (χ1n) is 13.9. The van der Waals surface area contributed by atoms with Crippen LogP contribution in [0.3, 0.4) is 0 Å². The zero-order valence-electron chi connectivity index (χ0n) is 23.8. The molecule has 0 aliphatic heterocycles. The lowest BCUT2D eigenvalue weighted by molar-refractivity contribution is -0.143. The number of rotatable bonds is 13. The number of ether oxygens (including phenoxy) is 3. The van der Waals surface area contributed by atoms with Crippen LogP contribution in [0.5, 0.6) is 0 Å². The highest BCUT2D eigenvalue weighted by Crippen LogP contribution is 2.33. The molecule has 0 fully saturated rings. The molecule has 2 aromatic heterocycles. The Labute approximate surface area is 240 Å². The molecule has 0 unspecified atom stereocenters. The summed E-state index contributed by atoms with van der Waals surface area (Å²) in [5.74, 6) is -0.571. The van der Waals surface area contributed by atoms with Gasteiger partial charge in [-0.3, -0.25) is 4.79 Å². The molecule has 2 heterocycles. The molecule has 4 aromatic rings. The summed E-state index contributed by atoms with van der Waals surface area (Å²) in [5.41, 5.74) is 7.85. The van der Waals surface area contributed by atoms with Crippen LogP contribution in [0.2, 0.25) is 0 Å². The van der Waals surface area contributed by atoms with Gasteiger partial charge in [-0.05, 0) is 85.7 Å². The smallest absolute Gasteiger partial charge is 0.337 e. The normalized spacial score (nSPS) is 10.9. The van der Waals surface area contributed by atoms with Crippen LogP contribution in [0.25, 0.3) is 16.6 Å². The van der Waals surface area contributed by atoms with Crippen molar-refractivity contribution >= 4 is 17.5 Å². The van der Waals surface area contributed by atoms with Crippen molar-refractivity contribution in [1.82, 2.24) is 9.61 Å². The largest absolute Gasteiger partial charge is 0.466 e. The standard InChI is InChI=1S/C33H35N3O5/c1-4-27-17-18-30-32(26-10-8-9-24(19-26)20-34)28(11-6-7-12-31(37)41-5-2)29(35-36(27)30)22-40-21-23-13-15-25(16-14-23)33(38)39-3/h8-10,13-19H,4-7,11-12,21-22H2,1-3H3. The highest BCUT2D eigenvalue weighted by molar-refractivity contribution is 5.89. The fraction of sp³-hybridized carbons (Fsp3) is 0.333. The van der Waals surface area contributed by atoms with Gasteiger partial charge in [0.1, 0.15) is 0 Å². The van der Waals surface area contributed by atoms with E-state index in [1.54, 1.807) is 18.2 Å². The second-order valence-corrected chi connectivity index (χ2v) is 9.66. The molecule has 0 saturated heterocycles. The van der Waals surface area contributed by atoms with Crippen LogP contribution in [0, 0.1) is 11.3 Å². The zero-order chi connectivity index (χ0) is 29.2. The summed E-state index contributed by atoms with van der Waals surface area (Å²) in [4.78, 5) is 23.7. The lowest BCUT2D eigenvalue weighted by Crippen LogP contribution is -2.11. The molecule has 0 saturated carbocycles. The van der Waals surface area contributed by atoms with Crippen molar-refractivity contribution in [3.8, 4) is 17.2 Å². The molecule has 0 N–H and O–H groups in total. The topological polar surface area (TPSA) is 103 Å². The minimum Gasteiger partial charge on any atom is -0.466 e. The molecule has 0 bridgehead atoms. The number of aromatic nitrogens is 2. The average molecular weight is 554 g/mol. The molecule has 2 aromatic carbocycles. The van der Waals surface area contributed by atoms with Gasteiger partial charge < -0.3 is 14.2 Å². The molecular formula is C33H35N3O5. The van der Waals surface area contributed by atoms with E-state index in [4.69, 9.17) is 19.3 Å². The van der Waals surface area contributed by atoms with Crippen molar-refractivity contribution in [3.05, 3.63) is 94.3 Å². The predicted molar refractivity (Wildman–Crippen MR) is 155 cm³/mol. The first-order valence-corrected chi connectivity index (χ1v) is 13.9. The van der Waals surface area contributed by atoms with Crippen molar-refractivity contribution in [2.45, 2.75) is 59.2 Å². The van der Waals surface area contributed by atoms with E-state index in [0.717, 1.165) is 52.0 Å². The quantitative estimate of drug-likeness (QED) is 0.143. The van der Waals surface area contributed by atoms with Crippen molar-refractivity contribution in [2.24, 2.45) is 0 Å². The number of methoxy groups -OCH3 is 1. The number of carbonyl (C=O) groups is 2. The van der Waals surface area contributed by atoms with Crippen molar-refractivity contribution < 1.29 is 23.8 Å². The molecule has 41 heavy (non-hydrogen) atoms. The number of nitriles is 1. The summed E-state index contributed by atoms with van der Waals surface area (Å²) in [5, 5.41) is 14.6. The Hall–Kier alpha value is -4.48. The molecular weight excluding hydrogens is 518 g/mol. The van der Waals surface area contributed by atoms with Gasteiger partial charge in [-0.15, -0.1) is 0 Å². The summed E-state index contributed by atoms with van der Waals surface area (Å²) in [6.07, 6.45) is 3.32. The van der Waals surface area contributed by atoms with E-state index in [9.17, 15) is 14.9 Å². The third kappa shape index (κ3) is 7.19. The van der Waals surface area contributed by atoms with Crippen LogP contribution in [0.15, 0.2) is 60.7 Å². The first-order chi connectivity index (χ1) is 20.0. The lowest BCUT2D eigenvalue weighted by atomic mass is 9.93. The number of unbranched alkanes of at least 4 members (excludes halogenated alkanes) is 1. The average Bonchev–Trinajstić information content (AvgIpc) is 3.41. The van der Waals surface area contributed by atoms with Crippen LogP contribution in [0.4, 0.5) is 0 Å². The minimum absolute atomic E-state index is 0.191. The van der Waals surface area contributed by atoms with Crippen LogP contribution in [-0.2, 0) is 45.1 Å². The minimum atomic E-state index is -0.381. The molecule has 0 aliphatic rings. The maximum Gasteiger partial charge on any atom is 0.337 e. The maximum atomic E-state index is 11.9. The maximum absolute atomic E-state index is 11.9. The molecule has 0 aliphatic carbocycles.